The molecule has 1 heterocycles. The smallest absolute Gasteiger partial charge is 0.0671 e. The number of pyridine rings is 1. The molecule has 1 saturated carbocycles. The van der Waals surface area contributed by atoms with Crippen LogP contribution in [-0.2, 0) is 0 Å². The van der Waals surface area contributed by atoms with Crippen molar-refractivity contribution in [2.24, 2.45) is 11.7 Å². The predicted molar refractivity (Wildman–Crippen MR) is 70.6 cm³/mol. The van der Waals surface area contributed by atoms with Crippen molar-refractivity contribution in [1.29, 1.82) is 0 Å². The highest BCUT2D eigenvalue weighted by atomic mass is 15.2. The molecular weight excluding hydrogens is 210 g/mol. The molecule has 2 N–H and O–H groups in total. The molecule has 0 radical (unpaired) electrons. The molecule has 0 bridgehead atoms. The van der Waals surface area contributed by atoms with Gasteiger partial charge in [0, 0.05) is 18.8 Å². The third-order valence-corrected chi connectivity index (χ3v) is 3.59. The Kier molecular flexibility index (Phi) is 4.13. The quantitative estimate of drug-likeness (QED) is 0.819. The van der Waals surface area contributed by atoms with Crippen molar-refractivity contribution in [2.45, 2.75) is 38.3 Å². The molecule has 0 spiro atoms. The van der Waals surface area contributed by atoms with Gasteiger partial charge in [-0.2, -0.15) is 0 Å². The average molecular weight is 233 g/mol. The van der Waals surface area contributed by atoms with E-state index in [1.807, 2.05) is 18.3 Å². The summed E-state index contributed by atoms with van der Waals surface area (Å²) in [6.07, 6.45) is 5.59. The molecule has 3 nitrogen and oxygen atoms in total. The molecule has 17 heavy (non-hydrogen) atoms. The van der Waals surface area contributed by atoms with Crippen molar-refractivity contribution < 1.29 is 0 Å². The second-order valence-electron chi connectivity index (χ2n) is 5.15. The molecule has 0 amide bonds. The fourth-order valence-electron chi connectivity index (χ4n) is 2.37. The predicted octanol–water partition coefficient (Wildman–Crippen LogP) is 2.20. The summed E-state index contributed by atoms with van der Waals surface area (Å²) in [5.41, 5.74) is 7.37. The molecule has 1 aliphatic carbocycles. The first-order chi connectivity index (χ1) is 8.22. The van der Waals surface area contributed by atoms with Crippen LogP contribution in [0.5, 0.6) is 0 Å². The summed E-state index contributed by atoms with van der Waals surface area (Å²) < 4.78 is 0. The van der Waals surface area contributed by atoms with Gasteiger partial charge in [-0.1, -0.05) is 13.0 Å². The zero-order valence-electron chi connectivity index (χ0n) is 10.8. The van der Waals surface area contributed by atoms with Crippen LogP contribution in [0.25, 0.3) is 0 Å². The minimum Gasteiger partial charge on any atom is -0.326 e. The normalized spacial score (nSPS) is 19.3. The maximum atomic E-state index is 6.26. The lowest BCUT2D eigenvalue weighted by molar-refractivity contribution is 0.198. The minimum absolute atomic E-state index is 0.161. The summed E-state index contributed by atoms with van der Waals surface area (Å²) in [7, 11) is 2.17. The lowest BCUT2D eigenvalue weighted by Gasteiger charge is -2.32. The van der Waals surface area contributed by atoms with Crippen LogP contribution in [0.15, 0.2) is 24.4 Å². The van der Waals surface area contributed by atoms with Gasteiger partial charge in [0.25, 0.3) is 0 Å². The van der Waals surface area contributed by atoms with Crippen molar-refractivity contribution in [3.63, 3.8) is 0 Å². The minimum atomic E-state index is 0.161. The lowest BCUT2D eigenvalue weighted by atomic mass is 10.0. The van der Waals surface area contributed by atoms with Crippen LogP contribution in [0.3, 0.4) is 0 Å². The summed E-state index contributed by atoms with van der Waals surface area (Å²) in [6, 6.07) is 6.50. The average Bonchev–Trinajstić information content (AvgIpc) is 3.14. The van der Waals surface area contributed by atoms with E-state index >= 15 is 0 Å². The monoisotopic (exact) mass is 233 g/mol. The van der Waals surface area contributed by atoms with E-state index in [0.717, 1.165) is 24.6 Å². The van der Waals surface area contributed by atoms with E-state index in [2.05, 4.69) is 29.9 Å². The molecule has 2 unspecified atom stereocenters. The van der Waals surface area contributed by atoms with Gasteiger partial charge in [0.2, 0.25) is 0 Å². The molecule has 0 aromatic carbocycles. The lowest BCUT2D eigenvalue weighted by Crippen LogP contribution is -2.40. The molecule has 1 aliphatic rings. The van der Waals surface area contributed by atoms with E-state index < -0.39 is 0 Å². The third kappa shape index (κ3) is 3.27. The molecule has 1 aromatic heterocycles. The highest BCUT2D eigenvalue weighted by Crippen LogP contribution is 2.32. The van der Waals surface area contributed by atoms with Crippen molar-refractivity contribution in [3.8, 4) is 0 Å². The topological polar surface area (TPSA) is 42.1 Å². The standard InChI is InChI=1S/C14H23N3/c1-3-12(15)14(13-6-4-5-9-16-13)17(2)10-11-7-8-11/h4-6,9,11-12,14H,3,7-8,10,15H2,1-2H3. The van der Waals surface area contributed by atoms with Crippen LogP contribution < -0.4 is 5.73 Å². The molecule has 94 valence electrons. The van der Waals surface area contributed by atoms with E-state index in [1.165, 1.54) is 12.8 Å². The molecular formula is C14H23N3. The SMILES string of the molecule is CCC(N)C(c1ccccn1)N(C)CC1CC1. The molecule has 1 aromatic rings. The number of rotatable bonds is 6. The summed E-state index contributed by atoms with van der Waals surface area (Å²) >= 11 is 0. The Morgan fingerprint density at radius 2 is 2.24 bits per heavy atom. The Balaban J connectivity index is 2.11. The molecule has 2 atom stereocenters. The fourth-order valence-corrected chi connectivity index (χ4v) is 2.37. The fraction of sp³-hybridized carbons (Fsp3) is 0.643. The zero-order chi connectivity index (χ0) is 12.3. The van der Waals surface area contributed by atoms with Crippen LogP contribution in [0.2, 0.25) is 0 Å². The number of hydrogen-bond donors (Lipinski definition) is 1. The van der Waals surface area contributed by atoms with Gasteiger partial charge in [0.15, 0.2) is 0 Å². The Hall–Kier alpha value is -0.930. The Morgan fingerprint density at radius 3 is 2.76 bits per heavy atom. The van der Waals surface area contributed by atoms with Gasteiger partial charge in [-0.3, -0.25) is 9.88 Å². The van der Waals surface area contributed by atoms with Crippen molar-refractivity contribution in [1.82, 2.24) is 9.88 Å². The first kappa shape index (κ1) is 12.5. The summed E-state index contributed by atoms with van der Waals surface area (Å²) in [5, 5.41) is 0. The number of hydrogen-bond acceptors (Lipinski definition) is 3. The molecule has 0 saturated heterocycles. The van der Waals surface area contributed by atoms with Crippen molar-refractivity contribution in [3.05, 3.63) is 30.1 Å². The maximum absolute atomic E-state index is 6.26. The highest BCUT2D eigenvalue weighted by Gasteiger charge is 2.29. The van der Waals surface area contributed by atoms with Crippen molar-refractivity contribution >= 4 is 0 Å². The second kappa shape index (κ2) is 5.61. The van der Waals surface area contributed by atoms with Gasteiger partial charge in [0.1, 0.15) is 0 Å². The van der Waals surface area contributed by atoms with Gasteiger partial charge in [-0.15, -0.1) is 0 Å². The van der Waals surface area contributed by atoms with E-state index in [1.54, 1.807) is 0 Å². The van der Waals surface area contributed by atoms with Crippen LogP contribution in [0, 0.1) is 5.92 Å². The highest BCUT2D eigenvalue weighted by molar-refractivity contribution is 5.11. The molecule has 3 heteroatoms. The van der Waals surface area contributed by atoms with Gasteiger partial charge < -0.3 is 5.73 Å². The Labute approximate surface area is 104 Å². The van der Waals surface area contributed by atoms with Crippen LogP contribution in [0.1, 0.15) is 37.9 Å². The Bertz CT molecular complexity index is 335. The number of nitrogens with two attached hydrogens (primary N) is 1. The van der Waals surface area contributed by atoms with Crippen LogP contribution in [-0.4, -0.2) is 29.5 Å². The third-order valence-electron chi connectivity index (χ3n) is 3.59. The first-order valence-electron chi connectivity index (χ1n) is 6.59. The Morgan fingerprint density at radius 1 is 1.47 bits per heavy atom. The zero-order valence-corrected chi connectivity index (χ0v) is 10.8. The molecule has 1 fully saturated rings. The summed E-state index contributed by atoms with van der Waals surface area (Å²) in [6.45, 7) is 3.29. The summed E-state index contributed by atoms with van der Waals surface area (Å²) in [5.74, 6) is 0.885. The van der Waals surface area contributed by atoms with Crippen molar-refractivity contribution in [2.75, 3.05) is 13.6 Å². The number of likely N-dealkylation sites (N-methyl/N-ethyl adjacent to an activating group) is 1. The molecule has 2 rings (SSSR count). The van der Waals surface area contributed by atoms with E-state index in [0.29, 0.717) is 0 Å². The van der Waals surface area contributed by atoms with Crippen LogP contribution in [0.4, 0.5) is 0 Å². The molecule has 0 aliphatic heterocycles. The largest absolute Gasteiger partial charge is 0.326 e. The van der Waals surface area contributed by atoms with Gasteiger partial charge >= 0.3 is 0 Å². The van der Waals surface area contributed by atoms with Gasteiger partial charge in [-0.25, -0.2) is 0 Å². The summed E-state index contributed by atoms with van der Waals surface area (Å²) in [4.78, 5) is 6.86. The first-order valence-corrected chi connectivity index (χ1v) is 6.59. The van der Waals surface area contributed by atoms with Crippen LogP contribution >= 0.6 is 0 Å². The van der Waals surface area contributed by atoms with E-state index in [4.69, 9.17) is 5.73 Å². The number of nitrogens with zero attached hydrogens (tertiary/aromatic N) is 2. The van der Waals surface area contributed by atoms with E-state index in [-0.39, 0.29) is 12.1 Å². The number of aromatic nitrogens is 1. The second-order valence-corrected chi connectivity index (χ2v) is 5.15. The van der Waals surface area contributed by atoms with Gasteiger partial charge in [0.05, 0.1) is 11.7 Å². The van der Waals surface area contributed by atoms with Gasteiger partial charge in [-0.05, 0) is 44.4 Å². The van der Waals surface area contributed by atoms with E-state index in [9.17, 15) is 0 Å². The maximum Gasteiger partial charge on any atom is 0.0671 e.